The molecular weight excluding hydrogens is 347 g/mol. The molecule has 7 heteroatoms. The van der Waals surface area contributed by atoms with Crippen LogP contribution in [0.4, 0.5) is 20.6 Å². The number of piperazine rings is 1. The summed E-state index contributed by atoms with van der Waals surface area (Å²) in [5.74, 6) is -0.355. The molecule has 2 aromatic carbocycles. The minimum atomic E-state index is -0.475. The quantitative estimate of drug-likeness (QED) is 0.795. The topological polar surface area (TPSA) is 64.7 Å². The Hall–Kier alpha value is -2.77. The van der Waals surface area contributed by atoms with Crippen LogP contribution in [0.1, 0.15) is 10.4 Å². The number of nitrogens with zero attached hydrogens (tertiary/aromatic N) is 2. The van der Waals surface area contributed by atoms with Crippen molar-refractivity contribution in [2.75, 3.05) is 50.4 Å². The van der Waals surface area contributed by atoms with Crippen LogP contribution >= 0.6 is 0 Å². The molecule has 0 saturated carbocycles. The molecule has 1 aliphatic heterocycles. The Labute approximate surface area is 158 Å². The van der Waals surface area contributed by atoms with E-state index in [-0.39, 0.29) is 5.78 Å². The normalized spacial score (nSPS) is 15.3. The van der Waals surface area contributed by atoms with Gasteiger partial charge in [0.15, 0.2) is 5.78 Å². The molecule has 27 heavy (non-hydrogen) atoms. The van der Waals surface area contributed by atoms with E-state index < -0.39 is 11.8 Å². The number of hydrogen-bond donors (Lipinski definition) is 2. The van der Waals surface area contributed by atoms with Crippen molar-refractivity contribution in [2.24, 2.45) is 0 Å². The molecule has 142 valence electrons. The third-order valence-electron chi connectivity index (χ3n) is 4.51. The van der Waals surface area contributed by atoms with Crippen molar-refractivity contribution < 1.29 is 14.0 Å². The van der Waals surface area contributed by atoms with E-state index in [0.29, 0.717) is 23.5 Å². The van der Waals surface area contributed by atoms with Crippen molar-refractivity contribution in [3.8, 4) is 0 Å². The molecular formula is C20H23FN4O2. The summed E-state index contributed by atoms with van der Waals surface area (Å²) in [6.45, 7) is 4.12. The van der Waals surface area contributed by atoms with Gasteiger partial charge < -0.3 is 15.5 Å². The average molecular weight is 370 g/mol. The molecule has 0 radical (unpaired) electrons. The van der Waals surface area contributed by atoms with E-state index in [4.69, 9.17) is 0 Å². The Bertz CT molecular complexity index is 802. The Morgan fingerprint density at radius 2 is 1.63 bits per heavy atom. The van der Waals surface area contributed by atoms with E-state index in [1.807, 2.05) is 0 Å². The second-order valence-corrected chi connectivity index (χ2v) is 6.67. The van der Waals surface area contributed by atoms with Gasteiger partial charge in [0.05, 0.1) is 6.54 Å². The lowest BCUT2D eigenvalue weighted by atomic mass is 10.1. The van der Waals surface area contributed by atoms with Gasteiger partial charge in [-0.05, 0) is 49.5 Å². The van der Waals surface area contributed by atoms with E-state index in [9.17, 15) is 14.0 Å². The number of benzene rings is 2. The number of nitrogens with one attached hydrogen (secondary N) is 2. The highest BCUT2D eigenvalue weighted by atomic mass is 19.1. The maximum Gasteiger partial charge on any atom is 0.323 e. The average Bonchev–Trinajstić information content (AvgIpc) is 2.64. The van der Waals surface area contributed by atoms with Gasteiger partial charge in [-0.15, -0.1) is 0 Å². The summed E-state index contributed by atoms with van der Waals surface area (Å²) < 4.78 is 13.1. The van der Waals surface area contributed by atoms with Crippen molar-refractivity contribution in [3.63, 3.8) is 0 Å². The first-order chi connectivity index (χ1) is 13.0. The van der Waals surface area contributed by atoms with E-state index in [2.05, 4.69) is 27.5 Å². The first-order valence-electron chi connectivity index (χ1n) is 8.87. The van der Waals surface area contributed by atoms with Gasteiger partial charge in [-0.2, -0.15) is 0 Å². The zero-order chi connectivity index (χ0) is 19.2. The SMILES string of the molecule is CN1CCN(CC(=O)c2ccc(NC(=O)Nc3cccc(F)c3)cc2)CC1. The largest absolute Gasteiger partial charge is 0.323 e. The van der Waals surface area contributed by atoms with Crippen LogP contribution in [0.5, 0.6) is 0 Å². The van der Waals surface area contributed by atoms with Crippen LogP contribution in [0.15, 0.2) is 48.5 Å². The molecule has 1 aliphatic rings. The molecule has 6 nitrogen and oxygen atoms in total. The predicted molar refractivity (Wildman–Crippen MR) is 104 cm³/mol. The molecule has 2 aromatic rings. The summed E-state index contributed by atoms with van der Waals surface area (Å²) in [5, 5.41) is 5.22. The predicted octanol–water partition coefficient (Wildman–Crippen LogP) is 2.90. The monoisotopic (exact) mass is 370 g/mol. The number of Topliss-reactive ketones (excluding diaryl/α,β-unsaturated/α-hetero) is 1. The van der Waals surface area contributed by atoms with Crippen molar-refractivity contribution in [1.29, 1.82) is 0 Å². The maximum absolute atomic E-state index is 13.1. The number of amides is 2. The number of anilines is 2. The summed E-state index contributed by atoms with van der Waals surface area (Å²) >= 11 is 0. The molecule has 0 unspecified atom stereocenters. The Morgan fingerprint density at radius 1 is 0.963 bits per heavy atom. The third kappa shape index (κ3) is 5.60. The van der Waals surface area contributed by atoms with Crippen LogP contribution in [0, 0.1) is 5.82 Å². The van der Waals surface area contributed by atoms with Crippen LogP contribution < -0.4 is 10.6 Å². The number of halogens is 1. The van der Waals surface area contributed by atoms with Gasteiger partial charge in [-0.3, -0.25) is 9.69 Å². The molecule has 2 amide bonds. The van der Waals surface area contributed by atoms with Crippen molar-refractivity contribution in [3.05, 3.63) is 59.9 Å². The fraction of sp³-hybridized carbons (Fsp3) is 0.300. The number of carbonyl (C=O) groups excluding carboxylic acids is 2. The van der Waals surface area contributed by atoms with Crippen LogP contribution in [0.3, 0.4) is 0 Å². The molecule has 1 heterocycles. The standard InChI is InChI=1S/C20H23FN4O2/c1-24-9-11-25(12-10-24)14-19(26)15-5-7-17(8-6-15)22-20(27)23-18-4-2-3-16(21)13-18/h2-8,13H,9-12,14H2,1H3,(H2,22,23,27). The first-order valence-corrected chi connectivity index (χ1v) is 8.87. The van der Waals surface area contributed by atoms with E-state index in [1.54, 1.807) is 30.3 Å². The summed E-state index contributed by atoms with van der Waals surface area (Å²) in [4.78, 5) is 28.8. The number of likely N-dealkylation sites (N-methyl/N-ethyl adjacent to an activating group) is 1. The van der Waals surface area contributed by atoms with Crippen LogP contribution in [-0.2, 0) is 0 Å². The zero-order valence-corrected chi connectivity index (χ0v) is 15.2. The summed E-state index contributed by atoms with van der Waals surface area (Å²) in [6.07, 6.45) is 0. The van der Waals surface area contributed by atoms with Crippen molar-refractivity contribution in [2.45, 2.75) is 0 Å². The van der Waals surface area contributed by atoms with Gasteiger partial charge in [0, 0.05) is 43.1 Å². The van der Waals surface area contributed by atoms with Gasteiger partial charge in [0.2, 0.25) is 0 Å². The van der Waals surface area contributed by atoms with E-state index >= 15 is 0 Å². The third-order valence-corrected chi connectivity index (χ3v) is 4.51. The summed E-state index contributed by atoms with van der Waals surface area (Å²) in [6, 6.07) is 12.0. The highest BCUT2D eigenvalue weighted by Crippen LogP contribution is 2.13. The molecule has 2 N–H and O–H groups in total. The highest BCUT2D eigenvalue weighted by Gasteiger charge is 2.17. The Kier molecular flexibility index (Phi) is 6.16. The van der Waals surface area contributed by atoms with Crippen LogP contribution in [-0.4, -0.2) is 61.4 Å². The maximum atomic E-state index is 13.1. The van der Waals surface area contributed by atoms with Gasteiger partial charge in [0.25, 0.3) is 0 Å². The van der Waals surface area contributed by atoms with Gasteiger partial charge >= 0.3 is 6.03 Å². The van der Waals surface area contributed by atoms with E-state index in [1.165, 1.54) is 18.2 Å². The number of ketones is 1. The lowest BCUT2D eigenvalue weighted by Gasteiger charge is -2.31. The summed E-state index contributed by atoms with van der Waals surface area (Å²) in [7, 11) is 2.08. The zero-order valence-electron chi connectivity index (χ0n) is 15.2. The van der Waals surface area contributed by atoms with Crippen LogP contribution in [0.25, 0.3) is 0 Å². The first kappa shape index (κ1) is 19.0. The van der Waals surface area contributed by atoms with Crippen molar-refractivity contribution >= 4 is 23.2 Å². The minimum absolute atomic E-state index is 0.0651. The Morgan fingerprint density at radius 3 is 2.30 bits per heavy atom. The van der Waals surface area contributed by atoms with E-state index in [0.717, 1.165) is 26.2 Å². The molecule has 0 spiro atoms. The Balaban J connectivity index is 1.52. The lowest BCUT2D eigenvalue weighted by molar-refractivity contribution is 0.0876. The minimum Gasteiger partial charge on any atom is -0.308 e. The molecule has 0 aromatic heterocycles. The number of hydrogen-bond acceptors (Lipinski definition) is 4. The molecule has 1 saturated heterocycles. The highest BCUT2D eigenvalue weighted by molar-refractivity contribution is 6.01. The number of rotatable bonds is 5. The summed E-state index contributed by atoms with van der Waals surface area (Å²) in [5.41, 5.74) is 1.54. The second-order valence-electron chi connectivity index (χ2n) is 6.67. The molecule has 0 atom stereocenters. The molecule has 1 fully saturated rings. The lowest BCUT2D eigenvalue weighted by Crippen LogP contribution is -2.46. The van der Waals surface area contributed by atoms with Crippen molar-refractivity contribution in [1.82, 2.24) is 9.80 Å². The van der Waals surface area contributed by atoms with Gasteiger partial charge in [0.1, 0.15) is 5.82 Å². The molecule has 0 aliphatic carbocycles. The number of urea groups is 1. The fourth-order valence-electron chi connectivity index (χ4n) is 2.90. The van der Waals surface area contributed by atoms with Crippen LogP contribution in [0.2, 0.25) is 0 Å². The van der Waals surface area contributed by atoms with Gasteiger partial charge in [-0.25, -0.2) is 9.18 Å². The second kappa shape index (κ2) is 8.75. The molecule has 0 bridgehead atoms. The number of carbonyl (C=O) groups is 2. The van der Waals surface area contributed by atoms with Gasteiger partial charge in [-0.1, -0.05) is 6.07 Å². The molecule has 3 rings (SSSR count). The smallest absolute Gasteiger partial charge is 0.308 e. The fourth-order valence-corrected chi connectivity index (χ4v) is 2.90.